The molecule has 0 aliphatic heterocycles. The predicted octanol–water partition coefficient (Wildman–Crippen LogP) is 5.52. The summed E-state index contributed by atoms with van der Waals surface area (Å²) in [6.07, 6.45) is 2.08. The number of rotatable bonds is 14. The maximum Gasteiger partial charge on any atom is 0.249 e. The van der Waals surface area contributed by atoms with Crippen molar-refractivity contribution in [3.63, 3.8) is 0 Å². The van der Waals surface area contributed by atoms with Crippen LogP contribution in [0.1, 0.15) is 57.6 Å². The van der Waals surface area contributed by atoms with Gasteiger partial charge in [-0.1, -0.05) is 56.5 Å². The Morgan fingerprint density at radius 3 is 2.55 bits per heavy atom. The molecule has 2 aliphatic carbocycles. The maximum absolute atomic E-state index is 14.3. The number of carbonyl (C=O) groups is 2. The normalized spacial score (nSPS) is 23.9. The van der Waals surface area contributed by atoms with Gasteiger partial charge in [-0.25, -0.2) is 0 Å². The first-order chi connectivity index (χ1) is 23.4. The Morgan fingerprint density at radius 1 is 1.14 bits per heavy atom. The van der Waals surface area contributed by atoms with Gasteiger partial charge in [0.15, 0.2) is 11.5 Å². The first kappa shape index (κ1) is 39.7. The Morgan fingerprint density at radius 2 is 1.90 bits per heavy atom. The molecule has 2 aromatic rings. The zero-order chi connectivity index (χ0) is 35.8. The van der Waals surface area contributed by atoms with Gasteiger partial charge in [-0.05, 0) is 94.7 Å². The number of benzene rings is 2. The highest BCUT2D eigenvalue weighted by atomic mass is 127. The second-order valence-electron chi connectivity index (χ2n) is 13.2. The van der Waals surface area contributed by atoms with Crippen LogP contribution in [0.3, 0.4) is 0 Å². The van der Waals surface area contributed by atoms with Crippen LogP contribution in [0.15, 0.2) is 42.0 Å². The largest absolute Gasteiger partial charge is 0.493 e. The van der Waals surface area contributed by atoms with Gasteiger partial charge in [0.25, 0.3) is 0 Å². The molecule has 0 bridgehead atoms. The van der Waals surface area contributed by atoms with Crippen LogP contribution in [0.5, 0.6) is 11.5 Å². The molecule has 0 radical (unpaired) electrons. The molecule has 0 aromatic heterocycles. The molecule has 1 saturated carbocycles. The van der Waals surface area contributed by atoms with E-state index in [9.17, 15) is 24.9 Å². The van der Waals surface area contributed by atoms with Crippen molar-refractivity contribution in [1.82, 2.24) is 10.2 Å². The molecule has 10 nitrogen and oxygen atoms in total. The lowest BCUT2D eigenvalue weighted by molar-refractivity contribution is -0.149. The Hall–Kier alpha value is -2.13. The summed E-state index contributed by atoms with van der Waals surface area (Å²) >= 11 is 14.8. The summed E-state index contributed by atoms with van der Waals surface area (Å²) in [5.74, 6) is 1.01. The molecule has 1 fully saturated rings. The van der Waals surface area contributed by atoms with Crippen molar-refractivity contribution in [3.8, 4) is 11.5 Å². The Kier molecular flexibility index (Phi) is 14.9. The van der Waals surface area contributed by atoms with Gasteiger partial charge in [-0.3, -0.25) is 9.59 Å². The second-order valence-corrected chi connectivity index (χ2v) is 15.2. The van der Waals surface area contributed by atoms with Gasteiger partial charge in [0, 0.05) is 35.1 Å². The summed E-state index contributed by atoms with van der Waals surface area (Å²) in [5, 5.41) is 34.5. The lowest BCUT2D eigenvalue weighted by Crippen LogP contribution is -2.55. The number of ether oxygens (including phenoxy) is 3. The lowest BCUT2D eigenvalue weighted by Gasteiger charge is -2.41. The monoisotopic (exact) mass is 832 g/mol. The molecule has 0 spiro atoms. The third-order valence-corrected chi connectivity index (χ3v) is 10.8. The van der Waals surface area contributed by atoms with Crippen molar-refractivity contribution >= 4 is 57.6 Å². The summed E-state index contributed by atoms with van der Waals surface area (Å²) in [4.78, 5) is 29.1. The van der Waals surface area contributed by atoms with Crippen molar-refractivity contribution in [3.05, 3.63) is 66.7 Å². The van der Waals surface area contributed by atoms with Crippen molar-refractivity contribution < 1.29 is 39.1 Å². The number of nitrogens with one attached hydrogen (secondary N) is 1. The van der Waals surface area contributed by atoms with E-state index in [1.54, 1.807) is 30.3 Å². The maximum atomic E-state index is 14.3. The molecule has 6 unspecified atom stereocenters. The van der Waals surface area contributed by atoms with E-state index in [1.807, 2.05) is 0 Å². The number of aliphatic hydroxyl groups is 3. The molecule has 4 N–H and O–H groups in total. The fourth-order valence-electron chi connectivity index (χ4n) is 6.69. The summed E-state index contributed by atoms with van der Waals surface area (Å²) in [7, 11) is 1.47. The van der Waals surface area contributed by atoms with E-state index in [-0.39, 0.29) is 56.9 Å². The van der Waals surface area contributed by atoms with E-state index in [0.29, 0.717) is 54.0 Å². The second kappa shape index (κ2) is 18.4. The molecule has 6 atom stereocenters. The van der Waals surface area contributed by atoms with Crippen LogP contribution in [-0.2, 0) is 27.5 Å². The van der Waals surface area contributed by atoms with Crippen LogP contribution in [0.25, 0.3) is 0 Å². The molecule has 270 valence electrons. The number of amides is 2. The third-order valence-electron chi connectivity index (χ3n) is 9.40. The highest BCUT2D eigenvalue weighted by Gasteiger charge is 2.42. The van der Waals surface area contributed by atoms with Crippen LogP contribution >= 0.6 is 45.8 Å². The molecule has 0 saturated heterocycles. The molecule has 4 rings (SSSR count). The minimum Gasteiger partial charge on any atom is -0.493 e. The fourth-order valence-corrected chi connectivity index (χ4v) is 7.95. The van der Waals surface area contributed by atoms with Gasteiger partial charge in [0.2, 0.25) is 11.8 Å². The number of hydrogen-bond acceptors (Lipinski definition) is 8. The van der Waals surface area contributed by atoms with E-state index in [1.165, 1.54) is 18.1 Å². The van der Waals surface area contributed by atoms with Crippen LogP contribution in [0.2, 0.25) is 10.0 Å². The third kappa shape index (κ3) is 10.2. The summed E-state index contributed by atoms with van der Waals surface area (Å²) < 4.78 is 18.9. The van der Waals surface area contributed by atoms with Gasteiger partial charge in [0.1, 0.15) is 18.8 Å². The molecular weight excluding hydrogens is 786 g/mol. The number of methoxy groups -OCH3 is 1. The fraction of sp³-hybridized carbons (Fsp3) is 0.556. The van der Waals surface area contributed by atoms with E-state index >= 15 is 0 Å². The number of halogens is 3. The lowest BCUT2D eigenvalue weighted by atomic mass is 9.75. The highest BCUT2D eigenvalue weighted by Crippen LogP contribution is 2.38. The van der Waals surface area contributed by atoms with Gasteiger partial charge >= 0.3 is 0 Å². The number of carbonyl (C=O) groups excluding carboxylic acids is 2. The van der Waals surface area contributed by atoms with Crippen molar-refractivity contribution in [2.24, 2.45) is 17.8 Å². The zero-order valence-corrected chi connectivity index (χ0v) is 32.0. The molecule has 2 aromatic carbocycles. The van der Waals surface area contributed by atoms with E-state index in [0.717, 1.165) is 19.3 Å². The number of hydrogen-bond donors (Lipinski definition) is 4. The molecular formula is C36H47Cl2IN2O8. The van der Waals surface area contributed by atoms with E-state index < -0.39 is 24.2 Å². The quantitative estimate of drug-likeness (QED) is 0.183. The Labute approximate surface area is 312 Å². The zero-order valence-electron chi connectivity index (χ0n) is 28.3. The van der Waals surface area contributed by atoms with E-state index in [2.05, 4.69) is 48.7 Å². The van der Waals surface area contributed by atoms with Crippen molar-refractivity contribution in [1.29, 1.82) is 0 Å². The number of nitrogens with zero attached hydrogens (tertiary/aromatic N) is 1. The average molecular weight is 834 g/mol. The van der Waals surface area contributed by atoms with Crippen LogP contribution in [0, 0.1) is 21.3 Å². The van der Waals surface area contributed by atoms with Crippen LogP contribution in [0.4, 0.5) is 0 Å². The van der Waals surface area contributed by atoms with Gasteiger partial charge in [0.05, 0.1) is 36.0 Å². The van der Waals surface area contributed by atoms with Crippen molar-refractivity contribution in [2.45, 2.75) is 84.0 Å². The summed E-state index contributed by atoms with van der Waals surface area (Å²) in [5.41, 5.74) is 1.49. The van der Waals surface area contributed by atoms with Crippen molar-refractivity contribution in [2.75, 3.05) is 26.9 Å². The summed E-state index contributed by atoms with van der Waals surface area (Å²) in [6, 6.07) is 7.44. The number of aliphatic hydroxyl groups excluding tert-OH is 3. The molecule has 49 heavy (non-hydrogen) atoms. The van der Waals surface area contributed by atoms with Gasteiger partial charge in [-0.2, -0.15) is 0 Å². The molecule has 13 heteroatoms. The molecule has 0 heterocycles. The smallest absolute Gasteiger partial charge is 0.249 e. The topological polar surface area (TPSA) is 138 Å². The predicted molar refractivity (Wildman–Crippen MR) is 197 cm³/mol. The average Bonchev–Trinajstić information content (AvgIpc) is 3.07. The van der Waals surface area contributed by atoms with Crippen LogP contribution in [-0.4, -0.2) is 83.3 Å². The Balaban J connectivity index is 1.71. The summed E-state index contributed by atoms with van der Waals surface area (Å²) in [6.45, 7) is 5.91. The SMILES string of the molecule is COc1cc(CO)cc(I)c1OC1C=C(C(=O)NCCO)CC(N(Cc2ccc(Cl)cc2Cl)C(=O)COC2CC(C)CCC2C(C)C)C1O. The van der Waals surface area contributed by atoms with Gasteiger partial charge in [-0.15, -0.1) is 0 Å². The Bertz CT molecular complexity index is 1490. The highest BCUT2D eigenvalue weighted by molar-refractivity contribution is 14.1. The minimum absolute atomic E-state index is 0.00198. The van der Waals surface area contributed by atoms with E-state index in [4.69, 9.17) is 37.4 Å². The van der Waals surface area contributed by atoms with Crippen LogP contribution < -0.4 is 14.8 Å². The molecule has 2 aliphatic rings. The minimum atomic E-state index is -1.29. The standard InChI is InChI=1S/C36H47Cl2IN2O8/c1-20(2)26-8-5-21(3)11-30(26)48-19-33(44)41(17-23-6-7-25(37)16-27(23)38)29-14-24(36(46)40-9-10-42)15-31(34(29)45)49-35-28(39)12-22(18-43)13-32(35)47-4/h6-7,12-13,15-16,20-21,26,29-31,34,42-43,45H,5,8-11,14,17-19H2,1-4H3,(H,40,46). The van der Waals surface area contributed by atoms with Gasteiger partial charge < -0.3 is 39.7 Å². The first-order valence-electron chi connectivity index (χ1n) is 16.6. The first-order valence-corrected chi connectivity index (χ1v) is 18.5. The molecule has 2 amide bonds.